The van der Waals surface area contributed by atoms with E-state index in [4.69, 9.17) is 21.3 Å². The van der Waals surface area contributed by atoms with Gasteiger partial charge in [-0.1, -0.05) is 41.6 Å². The number of imidazole rings is 1. The van der Waals surface area contributed by atoms with Crippen molar-refractivity contribution < 1.29 is 13.9 Å². The van der Waals surface area contributed by atoms with E-state index in [0.717, 1.165) is 34.5 Å². The Kier molecular flexibility index (Phi) is 5.54. The van der Waals surface area contributed by atoms with Crippen LogP contribution in [0.25, 0.3) is 22.6 Å². The Morgan fingerprint density at radius 3 is 2.73 bits per heavy atom. The molecule has 1 saturated heterocycles. The lowest BCUT2D eigenvalue weighted by atomic mass is 9.94. The van der Waals surface area contributed by atoms with Crippen molar-refractivity contribution >= 4 is 23.2 Å². The second-order valence-electron chi connectivity index (χ2n) is 9.65. The highest BCUT2D eigenvalue weighted by Gasteiger charge is 2.36. The molecule has 2 aliphatic heterocycles. The highest BCUT2D eigenvalue weighted by Crippen LogP contribution is 2.45. The summed E-state index contributed by atoms with van der Waals surface area (Å²) in [6.07, 6.45) is 1.43. The molecule has 0 aliphatic carbocycles. The van der Waals surface area contributed by atoms with Crippen molar-refractivity contribution in [1.82, 2.24) is 9.97 Å². The fourth-order valence-corrected chi connectivity index (χ4v) is 5.16. The molecule has 6 rings (SSSR count). The number of rotatable bonds is 2. The zero-order chi connectivity index (χ0) is 25.7. The summed E-state index contributed by atoms with van der Waals surface area (Å²) in [5, 5.41) is 0.284. The fraction of sp³-hybridized carbons (Fsp3) is 0.200. The second kappa shape index (κ2) is 8.79. The van der Waals surface area contributed by atoms with Crippen molar-refractivity contribution in [2.75, 3.05) is 11.4 Å². The number of aromatic amines is 1. The second-order valence-corrected chi connectivity index (χ2v) is 10.1. The van der Waals surface area contributed by atoms with Gasteiger partial charge in [0.05, 0.1) is 27.7 Å². The number of anilines is 1. The third-order valence-electron chi connectivity index (χ3n) is 6.72. The first-order chi connectivity index (χ1) is 17.8. The molecule has 7 heteroatoms. The molecule has 3 heterocycles. The van der Waals surface area contributed by atoms with E-state index in [1.54, 1.807) is 17.0 Å². The van der Waals surface area contributed by atoms with E-state index in [1.165, 1.54) is 6.07 Å². The van der Waals surface area contributed by atoms with Crippen LogP contribution in [0.1, 0.15) is 43.5 Å². The molecule has 5 nitrogen and oxygen atoms in total. The molecule has 2 aliphatic rings. The predicted octanol–water partition coefficient (Wildman–Crippen LogP) is 6.69. The number of nitrogens with zero attached hydrogens (tertiary/aromatic N) is 2. The predicted molar refractivity (Wildman–Crippen MR) is 142 cm³/mol. The van der Waals surface area contributed by atoms with E-state index in [-0.39, 0.29) is 16.5 Å². The van der Waals surface area contributed by atoms with Crippen LogP contribution in [0, 0.1) is 17.7 Å². The molecule has 0 bridgehead atoms. The zero-order valence-corrected chi connectivity index (χ0v) is 21.1. The van der Waals surface area contributed by atoms with E-state index in [1.807, 2.05) is 56.3 Å². The Bertz CT molecular complexity index is 1610. The number of nitrogens with one attached hydrogen (secondary N) is 1. The van der Waals surface area contributed by atoms with Gasteiger partial charge in [-0.3, -0.25) is 4.79 Å². The Morgan fingerprint density at radius 1 is 1.11 bits per heavy atom. The van der Waals surface area contributed by atoms with E-state index >= 15 is 0 Å². The first-order valence-electron chi connectivity index (χ1n) is 12.1. The molecule has 1 fully saturated rings. The van der Waals surface area contributed by atoms with Gasteiger partial charge < -0.3 is 14.6 Å². The summed E-state index contributed by atoms with van der Waals surface area (Å²) in [5.41, 5.74) is 4.14. The molecule has 1 N–H and O–H groups in total. The molecule has 4 aromatic rings. The van der Waals surface area contributed by atoms with E-state index < -0.39 is 11.4 Å². The largest absolute Gasteiger partial charge is 0.481 e. The molecule has 3 aromatic carbocycles. The maximum absolute atomic E-state index is 14.6. The molecule has 0 saturated carbocycles. The fourth-order valence-electron chi connectivity index (χ4n) is 4.91. The molecule has 0 radical (unpaired) electrons. The molecule has 0 atom stereocenters. The van der Waals surface area contributed by atoms with Crippen LogP contribution in [-0.4, -0.2) is 22.4 Å². The minimum Gasteiger partial charge on any atom is -0.481 e. The lowest BCUT2D eigenvalue weighted by molar-refractivity contribution is -0.117. The van der Waals surface area contributed by atoms with Crippen molar-refractivity contribution in [3.05, 3.63) is 88.3 Å². The van der Waals surface area contributed by atoms with Gasteiger partial charge in [-0.2, -0.15) is 0 Å². The number of carbonyl (C=O) groups is 1. The number of aromatic nitrogens is 2. The van der Waals surface area contributed by atoms with Gasteiger partial charge in [0.2, 0.25) is 5.91 Å². The number of amides is 1. The van der Waals surface area contributed by atoms with Gasteiger partial charge in [0.25, 0.3) is 0 Å². The minimum atomic E-state index is -0.736. The highest BCUT2D eigenvalue weighted by atomic mass is 35.5. The lowest BCUT2D eigenvalue weighted by Crippen LogP contribution is -2.29. The third-order valence-corrected chi connectivity index (χ3v) is 7.03. The van der Waals surface area contributed by atoms with Crippen LogP contribution in [0.5, 0.6) is 5.75 Å². The normalized spacial score (nSPS) is 15.5. The Labute approximate surface area is 219 Å². The summed E-state index contributed by atoms with van der Waals surface area (Å²) in [5.74, 6) is 7.14. The SMILES string of the molecule is CC1(C)Oc2cc(C#Cc3ccccc3N3CCCC3=O)ccc2-c2nc(-c3c(F)cccc3Cl)[nH]c21. The number of para-hydroxylation sites is 1. The van der Waals surface area contributed by atoms with Crippen molar-refractivity contribution in [2.45, 2.75) is 32.3 Å². The topological polar surface area (TPSA) is 58.2 Å². The maximum atomic E-state index is 14.6. The Hall–Kier alpha value is -4.08. The monoisotopic (exact) mass is 511 g/mol. The average Bonchev–Trinajstić information content (AvgIpc) is 3.50. The lowest BCUT2D eigenvalue weighted by Gasteiger charge is -2.31. The molecule has 0 unspecified atom stereocenters. The molecule has 1 amide bonds. The van der Waals surface area contributed by atoms with E-state index in [9.17, 15) is 9.18 Å². The number of H-pyrrole nitrogens is 1. The van der Waals surface area contributed by atoms with Crippen LogP contribution in [0.15, 0.2) is 60.7 Å². The number of carbonyl (C=O) groups excluding carboxylic acids is 1. The Balaban J connectivity index is 1.38. The summed E-state index contributed by atoms with van der Waals surface area (Å²) in [6.45, 7) is 4.58. The minimum absolute atomic E-state index is 0.129. The van der Waals surface area contributed by atoms with Crippen LogP contribution < -0.4 is 9.64 Å². The number of hydrogen-bond donors (Lipinski definition) is 1. The molecular formula is C30H23ClFN3O2. The van der Waals surface area contributed by atoms with Crippen molar-refractivity contribution in [2.24, 2.45) is 0 Å². The van der Waals surface area contributed by atoms with Gasteiger partial charge in [0, 0.05) is 29.7 Å². The molecular weight excluding hydrogens is 489 g/mol. The number of ether oxygens (including phenoxy) is 1. The van der Waals surface area contributed by atoms with Gasteiger partial charge in [0.1, 0.15) is 23.0 Å². The van der Waals surface area contributed by atoms with Gasteiger partial charge in [-0.05, 0) is 62.7 Å². The van der Waals surface area contributed by atoms with Crippen LogP contribution in [0.2, 0.25) is 5.02 Å². The smallest absolute Gasteiger partial charge is 0.227 e. The standard InChI is InChI=1S/C30H23ClFN3O2/c1-30(2)28-27(33-29(34-28)26-21(31)8-5-9-22(26)32)20-15-13-18(17-24(20)37-30)12-14-19-7-3-4-10-23(19)35-16-6-11-25(35)36/h3-5,7-10,13,15,17H,6,11,16H2,1-2H3,(H,33,34). The summed E-state index contributed by atoms with van der Waals surface area (Å²) in [6, 6.07) is 18.0. The number of fused-ring (bicyclic) bond motifs is 3. The van der Waals surface area contributed by atoms with Crippen molar-refractivity contribution in [1.29, 1.82) is 0 Å². The third kappa shape index (κ3) is 4.06. The highest BCUT2D eigenvalue weighted by molar-refractivity contribution is 6.33. The van der Waals surface area contributed by atoms with E-state index in [0.29, 0.717) is 30.2 Å². The summed E-state index contributed by atoms with van der Waals surface area (Å²) in [7, 11) is 0. The summed E-state index contributed by atoms with van der Waals surface area (Å²) < 4.78 is 21.0. The summed E-state index contributed by atoms with van der Waals surface area (Å²) >= 11 is 6.30. The maximum Gasteiger partial charge on any atom is 0.227 e. The number of halogens is 2. The van der Waals surface area contributed by atoms with Crippen molar-refractivity contribution in [3.8, 4) is 40.2 Å². The first kappa shape index (κ1) is 23.3. The first-order valence-corrected chi connectivity index (χ1v) is 12.5. The van der Waals surface area contributed by atoms with Gasteiger partial charge in [0.15, 0.2) is 0 Å². The quantitative estimate of drug-likeness (QED) is 0.305. The molecule has 0 spiro atoms. The van der Waals surface area contributed by atoms with Crippen LogP contribution in [0.4, 0.5) is 10.1 Å². The van der Waals surface area contributed by atoms with Gasteiger partial charge in [-0.15, -0.1) is 0 Å². The number of hydrogen-bond acceptors (Lipinski definition) is 3. The summed E-state index contributed by atoms with van der Waals surface area (Å²) in [4.78, 5) is 22.1. The van der Waals surface area contributed by atoms with Crippen LogP contribution >= 0.6 is 11.6 Å². The van der Waals surface area contributed by atoms with Gasteiger partial charge >= 0.3 is 0 Å². The average molecular weight is 512 g/mol. The van der Waals surface area contributed by atoms with Crippen LogP contribution in [0.3, 0.4) is 0 Å². The molecule has 1 aromatic heterocycles. The molecule has 184 valence electrons. The van der Waals surface area contributed by atoms with Crippen molar-refractivity contribution in [3.63, 3.8) is 0 Å². The number of benzene rings is 3. The van der Waals surface area contributed by atoms with E-state index in [2.05, 4.69) is 16.8 Å². The Morgan fingerprint density at radius 2 is 1.95 bits per heavy atom. The zero-order valence-electron chi connectivity index (χ0n) is 20.4. The molecule has 37 heavy (non-hydrogen) atoms. The van der Waals surface area contributed by atoms with Gasteiger partial charge in [-0.25, -0.2) is 9.37 Å². The van der Waals surface area contributed by atoms with Crippen LogP contribution in [-0.2, 0) is 10.4 Å².